The van der Waals surface area contributed by atoms with Crippen LogP contribution in [0.1, 0.15) is 5.56 Å². The van der Waals surface area contributed by atoms with Gasteiger partial charge in [-0.15, -0.1) is 0 Å². The van der Waals surface area contributed by atoms with Crippen LogP contribution in [0.25, 0.3) is 0 Å². The molecule has 82 valence electrons. The Morgan fingerprint density at radius 1 is 1.53 bits per heavy atom. The number of nitrogens with one attached hydrogen (secondary N) is 1. The molecule has 0 radical (unpaired) electrons. The fraction of sp³-hybridized carbons (Fsp3) is 0.333. The maximum Gasteiger partial charge on any atom is 0.272 e. The zero-order valence-corrected chi connectivity index (χ0v) is 8.04. The monoisotopic (exact) mass is 216 g/mol. The first kappa shape index (κ1) is 11.4. The Morgan fingerprint density at radius 2 is 2.20 bits per heavy atom. The molecule has 0 heterocycles. The number of alkyl halides is 2. The average Bonchev–Trinajstić information content (AvgIpc) is 2.14. The van der Waals surface area contributed by atoms with E-state index in [0.29, 0.717) is 11.3 Å². The van der Waals surface area contributed by atoms with E-state index in [9.17, 15) is 18.9 Å². The van der Waals surface area contributed by atoms with Crippen molar-refractivity contribution in [1.29, 1.82) is 0 Å². The molecule has 0 fully saturated rings. The van der Waals surface area contributed by atoms with Gasteiger partial charge in [-0.1, -0.05) is 0 Å². The van der Waals surface area contributed by atoms with Crippen molar-refractivity contribution in [1.82, 2.24) is 0 Å². The molecule has 0 amide bonds. The summed E-state index contributed by atoms with van der Waals surface area (Å²) in [5.74, 6) is 0. The molecule has 1 rings (SSSR count). The van der Waals surface area contributed by atoms with Gasteiger partial charge >= 0.3 is 0 Å². The van der Waals surface area contributed by atoms with Crippen LogP contribution in [0.3, 0.4) is 0 Å². The molecule has 0 aliphatic rings. The summed E-state index contributed by atoms with van der Waals surface area (Å²) in [6, 6.07) is 4.18. The standard InChI is InChI=1S/C9H10F2N2O2/c1-6-4-7(12-5-9(10)11)2-3-8(6)13(14)15/h2-4,9,12H,5H2,1H3. The molecule has 15 heavy (non-hydrogen) atoms. The molecule has 4 nitrogen and oxygen atoms in total. The first-order valence-electron chi connectivity index (χ1n) is 4.28. The maximum absolute atomic E-state index is 11.9. The van der Waals surface area contributed by atoms with E-state index in [1.54, 1.807) is 6.92 Å². The molecule has 0 spiro atoms. The van der Waals surface area contributed by atoms with Crippen LogP contribution in [-0.4, -0.2) is 17.9 Å². The van der Waals surface area contributed by atoms with Crippen molar-refractivity contribution in [3.8, 4) is 0 Å². The predicted molar refractivity (Wildman–Crippen MR) is 52.3 cm³/mol. The third kappa shape index (κ3) is 3.16. The molecular formula is C9H10F2N2O2. The van der Waals surface area contributed by atoms with E-state index in [1.807, 2.05) is 0 Å². The van der Waals surface area contributed by atoms with Crippen molar-refractivity contribution in [3.05, 3.63) is 33.9 Å². The van der Waals surface area contributed by atoms with Gasteiger partial charge in [-0.05, 0) is 19.1 Å². The topological polar surface area (TPSA) is 55.2 Å². The lowest BCUT2D eigenvalue weighted by atomic mass is 10.2. The molecule has 0 aliphatic carbocycles. The Labute approximate surface area is 85.1 Å². The first-order valence-corrected chi connectivity index (χ1v) is 4.28. The number of nitrogens with zero attached hydrogens (tertiary/aromatic N) is 1. The van der Waals surface area contributed by atoms with Gasteiger partial charge in [0.15, 0.2) is 0 Å². The fourth-order valence-corrected chi connectivity index (χ4v) is 1.17. The van der Waals surface area contributed by atoms with Crippen LogP contribution >= 0.6 is 0 Å². The number of nitro benzene ring substituents is 1. The molecule has 0 bridgehead atoms. The van der Waals surface area contributed by atoms with Crippen LogP contribution in [0.2, 0.25) is 0 Å². The molecule has 1 aromatic carbocycles. The highest BCUT2D eigenvalue weighted by Crippen LogP contribution is 2.21. The number of hydrogen-bond acceptors (Lipinski definition) is 3. The van der Waals surface area contributed by atoms with Crippen LogP contribution in [0.4, 0.5) is 20.2 Å². The van der Waals surface area contributed by atoms with Gasteiger partial charge in [0.05, 0.1) is 11.5 Å². The lowest BCUT2D eigenvalue weighted by Gasteiger charge is -2.06. The van der Waals surface area contributed by atoms with Crippen molar-refractivity contribution in [2.45, 2.75) is 13.3 Å². The molecule has 1 aromatic rings. The van der Waals surface area contributed by atoms with E-state index in [2.05, 4.69) is 5.32 Å². The Balaban J connectivity index is 2.78. The lowest BCUT2D eigenvalue weighted by molar-refractivity contribution is -0.385. The highest BCUT2D eigenvalue weighted by Gasteiger charge is 2.10. The second-order valence-corrected chi connectivity index (χ2v) is 3.03. The zero-order chi connectivity index (χ0) is 11.4. The summed E-state index contributed by atoms with van der Waals surface area (Å²) >= 11 is 0. The summed E-state index contributed by atoms with van der Waals surface area (Å²) in [6.45, 7) is 1.10. The Hall–Kier alpha value is -1.72. The molecule has 0 saturated heterocycles. The normalized spacial score (nSPS) is 10.4. The largest absolute Gasteiger partial charge is 0.379 e. The molecule has 6 heteroatoms. The fourth-order valence-electron chi connectivity index (χ4n) is 1.17. The van der Waals surface area contributed by atoms with E-state index >= 15 is 0 Å². The summed E-state index contributed by atoms with van der Waals surface area (Å²) < 4.78 is 23.7. The number of anilines is 1. The molecule has 0 aromatic heterocycles. The minimum atomic E-state index is -2.44. The van der Waals surface area contributed by atoms with Gasteiger partial charge in [-0.25, -0.2) is 8.78 Å². The van der Waals surface area contributed by atoms with Gasteiger partial charge in [0.1, 0.15) is 0 Å². The number of benzene rings is 1. The Bertz CT molecular complexity index is 369. The van der Waals surface area contributed by atoms with Gasteiger partial charge in [0.25, 0.3) is 12.1 Å². The third-order valence-corrected chi connectivity index (χ3v) is 1.85. The third-order valence-electron chi connectivity index (χ3n) is 1.85. The van der Waals surface area contributed by atoms with E-state index in [4.69, 9.17) is 0 Å². The van der Waals surface area contributed by atoms with Crippen LogP contribution in [0.5, 0.6) is 0 Å². The average molecular weight is 216 g/mol. The SMILES string of the molecule is Cc1cc(NCC(F)F)ccc1[N+](=O)[O-]. The first-order chi connectivity index (χ1) is 7.00. The predicted octanol–water partition coefficient (Wildman–Crippen LogP) is 2.58. The van der Waals surface area contributed by atoms with Crippen LogP contribution in [-0.2, 0) is 0 Å². The second kappa shape index (κ2) is 4.68. The summed E-state index contributed by atoms with van der Waals surface area (Å²) in [5, 5.41) is 12.9. The van der Waals surface area contributed by atoms with Gasteiger partial charge in [-0.3, -0.25) is 10.1 Å². The smallest absolute Gasteiger partial charge is 0.272 e. The van der Waals surface area contributed by atoms with Crippen LogP contribution in [0, 0.1) is 17.0 Å². The summed E-state index contributed by atoms with van der Waals surface area (Å²) in [4.78, 5) is 9.96. The number of nitro groups is 1. The maximum atomic E-state index is 11.9. The Morgan fingerprint density at radius 3 is 2.67 bits per heavy atom. The van der Waals surface area contributed by atoms with Crippen molar-refractivity contribution in [3.63, 3.8) is 0 Å². The molecule has 0 atom stereocenters. The van der Waals surface area contributed by atoms with E-state index < -0.39 is 17.9 Å². The van der Waals surface area contributed by atoms with Crippen molar-refractivity contribution >= 4 is 11.4 Å². The highest BCUT2D eigenvalue weighted by atomic mass is 19.3. The molecule has 1 N–H and O–H groups in total. The quantitative estimate of drug-likeness (QED) is 0.621. The Kier molecular flexibility index (Phi) is 3.54. The summed E-state index contributed by atoms with van der Waals surface area (Å²) in [7, 11) is 0. The van der Waals surface area contributed by atoms with Gasteiger partial charge in [-0.2, -0.15) is 0 Å². The van der Waals surface area contributed by atoms with Gasteiger partial charge in [0, 0.05) is 17.3 Å². The minimum absolute atomic E-state index is 0.0161. The number of aryl methyl sites for hydroxylation is 1. The number of hydrogen-bond donors (Lipinski definition) is 1. The van der Waals surface area contributed by atoms with Crippen LogP contribution in [0.15, 0.2) is 18.2 Å². The molecule has 0 aliphatic heterocycles. The summed E-state index contributed by atoms with van der Waals surface area (Å²) in [6.07, 6.45) is -2.44. The summed E-state index contributed by atoms with van der Waals surface area (Å²) in [5.41, 5.74) is 0.885. The molecular weight excluding hydrogens is 206 g/mol. The number of halogens is 2. The van der Waals surface area contributed by atoms with Crippen molar-refractivity contribution < 1.29 is 13.7 Å². The second-order valence-electron chi connectivity index (χ2n) is 3.03. The highest BCUT2D eigenvalue weighted by molar-refractivity contribution is 5.53. The molecule has 0 saturated carbocycles. The molecule has 0 unspecified atom stereocenters. The van der Waals surface area contributed by atoms with E-state index in [1.165, 1.54) is 18.2 Å². The zero-order valence-electron chi connectivity index (χ0n) is 8.04. The van der Waals surface area contributed by atoms with Gasteiger partial charge in [0.2, 0.25) is 0 Å². The minimum Gasteiger partial charge on any atom is -0.379 e. The lowest BCUT2D eigenvalue weighted by Crippen LogP contribution is -2.10. The van der Waals surface area contributed by atoms with Gasteiger partial charge < -0.3 is 5.32 Å². The van der Waals surface area contributed by atoms with Crippen LogP contribution < -0.4 is 5.32 Å². The van der Waals surface area contributed by atoms with Crippen molar-refractivity contribution in [2.75, 3.05) is 11.9 Å². The van der Waals surface area contributed by atoms with Crippen molar-refractivity contribution in [2.24, 2.45) is 0 Å². The van der Waals surface area contributed by atoms with E-state index in [0.717, 1.165) is 0 Å². The number of rotatable bonds is 4. The van der Waals surface area contributed by atoms with E-state index in [-0.39, 0.29) is 5.69 Å².